The second kappa shape index (κ2) is 5.25. The van der Waals surface area contributed by atoms with Gasteiger partial charge in [-0.25, -0.2) is 0 Å². The zero-order valence-corrected chi connectivity index (χ0v) is 10.1. The predicted molar refractivity (Wildman–Crippen MR) is 65.7 cm³/mol. The van der Waals surface area contributed by atoms with Gasteiger partial charge in [0.05, 0.1) is 6.20 Å². The van der Waals surface area contributed by atoms with Gasteiger partial charge < -0.3 is 10.2 Å². The van der Waals surface area contributed by atoms with Crippen LogP contribution in [0, 0.1) is 6.92 Å². The number of hydrogen-bond donors (Lipinski definition) is 1. The molecule has 16 heavy (non-hydrogen) atoms. The number of anilines is 1. The molecule has 1 N–H and O–H groups in total. The Hall–Kier alpha value is -1.16. The van der Waals surface area contributed by atoms with Gasteiger partial charge in [0.25, 0.3) is 0 Å². The number of hydrogen-bond acceptors (Lipinski definition) is 4. The Kier molecular flexibility index (Phi) is 3.72. The van der Waals surface area contributed by atoms with E-state index in [-0.39, 0.29) is 0 Å². The van der Waals surface area contributed by atoms with Crippen LogP contribution in [0.2, 0.25) is 0 Å². The van der Waals surface area contributed by atoms with Gasteiger partial charge in [-0.3, -0.25) is 0 Å². The smallest absolute Gasteiger partial charge is 0.151 e. The molecule has 4 nitrogen and oxygen atoms in total. The number of piperidine rings is 1. The van der Waals surface area contributed by atoms with E-state index in [1.54, 1.807) is 6.20 Å². The quantitative estimate of drug-likeness (QED) is 0.835. The molecule has 2 rings (SSSR count). The monoisotopic (exact) mass is 220 g/mol. The molecule has 0 aromatic carbocycles. The molecule has 0 aliphatic carbocycles. The fourth-order valence-electron chi connectivity index (χ4n) is 2.24. The minimum atomic E-state index is 0.598. The Bertz CT molecular complexity index is 338. The summed E-state index contributed by atoms with van der Waals surface area (Å²) in [6, 6.07) is 2.71. The van der Waals surface area contributed by atoms with Gasteiger partial charge in [-0.05, 0) is 37.9 Å². The molecule has 0 amide bonds. The van der Waals surface area contributed by atoms with Gasteiger partial charge in [0.2, 0.25) is 0 Å². The van der Waals surface area contributed by atoms with Gasteiger partial charge >= 0.3 is 0 Å². The molecule has 0 saturated carbocycles. The summed E-state index contributed by atoms with van der Waals surface area (Å²) in [5.74, 6) is 1.02. The SMILES string of the molecule is CCNC1CCCN(c2cc(C)cnn2)C1. The van der Waals surface area contributed by atoms with Crippen LogP contribution in [0.1, 0.15) is 25.3 Å². The lowest BCUT2D eigenvalue weighted by Crippen LogP contribution is -2.46. The molecule has 1 atom stereocenters. The van der Waals surface area contributed by atoms with Crippen molar-refractivity contribution >= 4 is 5.82 Å². The Morgan fingerprint density at radius 2 is 2.44 bits per heavy atom. The zero-order valence-electron chi connectivity index (χ0n) is 10.1. The minimum Gasteiger partial charge on any atom is -0.354 e. The van der Waals surface area contributed by atoms with Crippen LogP contribution in [0.25, 0.3) is 0 Å². The standard InChI is InChI=1S/C12H20N4/c1-3-13-11-5-4-6-16(9-11)12-7-10(2)8-14-15-12/h7-8,11,13H,3-6,9H2,1-2H3. The molecule has 1 aromatic rings. The van der Waals surface area contributed by atoms with E-state index in [2.05, 4.69) is 40.3 Å². The van der Waals surface area contributed by atoms with Gasteiger partial charge in [0, 0.05) is 19.1 Å². The summed E-state index contributed by atoms with van der Waals surface area (Å²) in [5.41, 5.74) is 1.18. The average molecular weight is 220 g/mol. The number of likely N-dealkylation sites (N-methyl/N-ethyl adjacent to an activating group) is 1. The Balaban J connectivity index is 2.03. The third-order valence-electron chi connectivity index (χ3n) is 3.02. The maximum atomic E-state index is 4.21. The van der Waals surface area contributed by atoms with Crippen molar-refractivity contribution in [1.29, 1.82) is 0 Å². The van der Waals surface area contributed by atoms with E-state index in [9.17, 15) is 0 Å². The molecule has 0 radical (unpaired) electrons. The van der Waals surface area contributed by atoms with Gasteiger partial charge in [-0.1, -0.05) is 6.92 Å². The Morgan fingerprint density at radius 1 is 1.56 bits per heavy atom. The van der Waals surface area contributed by atoms with Crippen LogP contribution < -0.4 is 10.2 Å². The molecule has 1 aromatic heterocycles. The van der Waals surface area contributed by atoms with Crippen molar-refractivity contribution in [1.82, 2.24) is 15.5 Å². The van der Waals surface area contributed by atoms with Gasteiger partial charge in [0.15, 0.2) is 5.82 Å². The summed E-state index contributed by atoms with van der Waals surface area (Å²) in [5, 5.41) is 11.7. The molecule has 88 valence electrons. The highest BCUT2D eigenvalue weighted by Gasteiger charge is 2.20. The van der Waals surface area contributed by atoms with Crippen LogP contribution in [-0.2, 0) is 0 Å². The first-order valence-corrected chi connectivity index (χ1v) is 6.07. The summed E-state index contributed by atoms with van der Waals surface area (Å²) < 4.78 is 0. The lowest BCUT2D eigenvalue weighted by Gasteiger charge is -2.33. The molecule has 4 heteroatoms. The number of nitrogens with zero attached hydrogens (tertiary/aromatic N) is 3. The molecule has 2 heterocycles. The highest BCUT2D eigenvalue weighted by atomic mass is 15.3. The second-order valence-electron chi connectivity index (χ2n) is 4.43. The summed E-state index contributed by atoms with van der Waals surface area (Å²) in [4.78, 5) is 2.33. The summed E-state index contributed by atoms with van der Waals surface area (Å²) in [7, 11) is 0. The molecule has 1 unspecified atom stereocenters. The summed E-state index contributed by atoms with van der Waals surface area (Å²) in [6.07, 6.45) is 4.30. The molecule has 1 aliphatic heterocycles. The van der Waals surface area contributed by atoms with Crippen molar-refractivity contribution in [2.75, 3.05) is 24.5 Å². The van der Waals surface area contributed by atoms with Crippen LogP contribution in [0.15, 0.2) is 12.3 Å². The van der Waals surface area contributed by atoms with E-state index >= 15 is 0 Å². The summed E-state index contributed by atoms with van der Waals surface area (Å²) in [6.45, 7) is 7.40. The van der Waals surface area contributed by atoms with Crippen LogP contribution in [0.3, 0.4) is 0 Å². The van der Waals surface area contributed by atoms with E-state index in [0.29, 0.717) is 6.04 Å². The molecular weight excluding hydrogens is 200 g/mol. The molecule has 0 bridgehead atoms. The highest BCUT2D eigenvalue weighted by Crippen LogP contribution is 2.17. The lowest BCUT2D eigenvalue weighted by molar-refractivity contribution is 0.429. The first kappa shape index (κ1) is 11.3. The van der Waals surface area contributed by atoms with Crippen molar-refractivity contribution in [2.24, 2.45) is 0 Å². The number of rotatable bonds is 3. The van der Waals surface area contributed by atoms with Gasteiger partial charge in [0.1, 0.15) is 0 Å². The van der Waals surface area contributed by atoms with Crippen LogP contribution in [0.5, 0.6) is 0 Å². The predicted octanol–water partition coefficient (Wildman–Crippen LogP) is 1.36. The van der Waals surface area contributed by atoms with Crippen LogP contribution >= 0.6 is 0 Å². The number of aromatic nitrogens is 2. The maximum Gasteiger partial charge on any atom is 0.151 e. The minimum absolute atomic E-state index is 0.598. The van der Waals surface area contributed by atoms with Gasteiger partial charge in [-0.2, -0.15) is 5.10 Å². The van der Waals surface area contributed by atoms with Crippen LogP contribution in [0.4, 0.5) is 5.82 Å². The largest absolute Gasteiger partial charge is 0.354 e. The average Bonchev–Trinajstić information content (AvgIpc) is 2.30. The van der Waals surface area contributed by atoms with Crippen molar-refractivity contribution in [3.63, 3.8) is 0 Å². The van der Waals surface area contributed by atoms with Crippen LogP contribution in [-0.4, -0.2) is 35.9 Å². The summed E-state index contributed by atoms with van der Waals surface area (Å²) >= 11 is 0. The first-order valence-electron chi connectivity index (χ1n) is 6.07. The number of aryl methyl sites for hydroxylation is 1. The lowest BCUT2D eigenvalue weighted by atomic mass is 10.1. The van der Waals surface area contributed by atoms with E-state index in [1.807, 2.05) is 0 Å². The van der Waals surface area contributed by atoms with E-state index in [4.69, 9.17) is 0 Å². The van der Waals surface area contributed by atoms with Gasteiger partial charge in [-0.15, -0.1) is 5.10 Å². The second-order valence-corrected chi connectivity index (χ2v) is 4.43. The van der Waals surface area contributed by atoms with Crippen molar-refractivity contribution in [2.45, 2.75) is 32.7 Å². The fraction of sp³-hybridized carbons (Fsp3) is 0.667. The Morgan fingerprint density at radius 3 is 3.19 bits per heavy atom. The maximum absolute atomic E-state index is 4.21. The molecular formula is C12H20N4. The van der Waals surface area contributed by atoms with Crippen molar-refractivity contribution < 1.29 is 0 Å². The van der Waals surface area contributed by atoms with Crippen molar-refractivity contribution in [3.8, 4) is 0 Å². The van der Waals surface area contributed by atoms with E-state index in [0.717, 1.165) is 25.5 Å². The number of nitrogens with one attached hydrogen (secondary N) is 1. The topological polar surface area (TPSA) is 41.0 Å². The van der Waals surface area contributed by atoms with E-state index in [1.165, 1.54) is 18.4 Å². The highest BCUT2D eigenvalue weighted by molar-refractivity contribution is 5.39. The third-order valence-corrected chi connectivity index (χ3v) is 3.02. The van der Waals surface area contributed by atoms with Crippen molar-refractivity contribution in [3.05, 3.63) is 17.8 Å². The first-order chi connectivity index (χ1) is 7.79. The molecule has 1 saturated heterocycles. The normalized spacial score (nSPS) is 21.1. The third kappa shape index (κ3) is 2.70. The molecule has 1 aliphatic rings. The fourth-order valence-corrected chi connectivity index (χ4v) is 2.24. The molecule has 0 spiro atoms. The molecule has 1 fully saturated rings. The Labute approximate surface area is 97.1 Å². The van der Waals surface area contributed by atoms with E-state index < -0.39 is 0 Å². The zero-order chi connectivity index (χ0) is 11.4.